The Labute approximate surface area is 97.1 Å². The van der Waals surface area contributed by atoms with Crippen molar-refractivity contribution in [3.63, 3.8) is 0 Å². The third kappa shape index (κ3) is 3.75. The average molecular weight is 248 g/mol. The smallest absolute Gasteiger partial charge is 0.236 e. The van der Waals surface area contributed by atoms with Gasteiger partial charge < -0.3 is 10.2 Å². The molecule has 1 amide bonds. The molecule has 0 unspecified atom stereocenters. The summed E-state index contributed by atoms with van der Waals surface area (Å²) in [7, 11) is -1.23. The van der Waals surface area contributed by atoms with Gasteiger partial charge in [-0.2, -0.15) is 0 Å². The van der Waals surface area contributed by atoms with Gasteiger partial charge >= 0.3 is 0 Å². The van der Waals surface area contributed by atoms with Gasteiger partial charge in [0.1, 0.15) is 0 Å². The predicted octanol–water partition coefficient (Wildman–Crippen LogP) is -0.368. The molecule has 0 aromatic rings. The molecule has 0 aliphatic carbocycles. The highest BCUT2D eigenvalue weighted by molar-refractivity contribution is 7.91. The number of likely N-dealkylation sites (N-methyl/N-ethyl adjacent to an activating group) is 1. The van der Waals surface area contributed by atoms with E-state index in [2.05, 4.69) is 5.32 Å². The lowest BCUT2D eigenvalue weighted by molar-refractivity contribution is -0.130. The maximum atomic E-state index is 11.7. The Balaban J connectivity index is 2.40. The largest absolute Gasteiger partial charge is 0.341 e. The second-order valence-corrected chi connectivity index (χ2v) is 6.47. The Morgan fingerprint density at radius 3 is 2.69 bits per heavy atom. The lowest BCUT2D eigenvalue weighted by atomic mass is 10.2. The first-order valence-corrected chi connectivity index (χ1v) is 7.45. The average Bonchev–Trinajstić information content (AvgIpc) is 2.58. The van der Waals surface area contributed by atoms with Gasteiger partial charge in [0, 0.05) is 13.1 Å². The lowest BCUT2D eigenvalue weighted by Crippen LogP contribution is -2.42. The van der Waals surface area contributed by atoms with Crippen LogP contribution in [0.5, 0.6) is 0 Å². The molecule has 1 heterocycles. The maximum Gasteiger partial charge on any atom is 0.236 e. The molecule has 0 bridgehead atoms. The van der Waals surface area contributed by atoms with Crippen molar-refractivity contribution < 1.29 is 13.2 Å². The van der Waals surface area contributed by atoms with Gasteiger partial charge in [0.2, 0.25) is 5.91 Å². The standard InChI is InChI=1S/C10H20N2O3S/c1-3-5-11-7-10(13)12(2)9-4-6-16(14,15)8-9/h9,11H,3-8H2,1-2H3/t9-/m0/s1. The maximum absolute atomic E-state index is 11.7. The van der Waals surface area contributed by atoms with Gasteiger partial charge in [0.05, 0.1) is 18.1 Å². The second kappa shape index (κ2) is 5.63. The summed E-state index contributed by atoms with van der Waals surface area (Å²) >= 11 is 0. The molecular formula is C10H20N2O3S. The summed E-state index contributed by atoms with van der Waals surface area (Å²) in [6.07, 6.45) is 1.55. The number of hydrogen-bond donors (Lipinski definition) is 1. The van der Waals surface area contributed by atoms with Gasteiger partial charge in [-0.05, 0) is 19.4 Å². The second-order valence-electron chi connectivity index (χ2n) is 4.24. The minimum atomic E-state index is -2.91. The van der Waals surface area contributed by atoms with Crippen molar-refractivity contribution in [1.82, 2.24) is 10.2 Å². The van der Waals surface area contributed by atoms with E-state index in [9.17, 15) is 13.2 Å². The van der Waals surface area contributed by atoms with Crippen LogP contribution in [0.15, 0.2) is 0 Å². The molecular weight excluding hydrogens is 228 g/mol. The summed E-state index contributed by atoms with van der Waals surface area (Å²) in [6.45, 7) is 3.13. The minimum Gasteiger partial charge on any atom is -0.341 e. The quantitative estimate of drug-likeness (QED) is 0.674. The normalized spacial score (nSPS) is 23.2. The molecule has 1 atom stereocenters. The summed E-state index contributed by atoms with van der Waals surface area (Å²) in [4.78, 5) is 13.2. The van der Waals surface area contributed by atoms with Crippen molar-refractivity contribution in [3.05, 3.63) is 0 Å². The summed E-state index contributed by atoms with van der Waals surface area (Å²) in [6, 6.07) is -0.138. The van der Waals surface area contributed by atoms with E-state index >= 15 is 0 Å². The molecule has 1 N–H and O–H groups in total. The molecule has 0 aromatic carbocycles. The number of rotatable bonds is 5. The van der Waals surface area contributed by atoms with Crippen LogP contribution in [-0.2, 0) is 14.6 Å². The molecule has 1 saturated heterocycles. The number of sulfone groups is 1. The molecule has 6 heteroatoms. The predicted molar refractivity (Wildman–Crippen MR) is 63.0 cm³/mol. The van der Waals surface area contributed by atoms with Gasteiger partial charge in [-0.15, -0.1) is 0 Å². The molecule has 1 rings (SSSR count). The van der Waals surface area contributed by atoms with Crippen LogP contribution in [0.2, 0.25) is 0 Å². The molecule has 1 fully saturated rings. The van der Waals surface area contributed by atoms with E-state index in [1.54, 1.807) is 11.9 Å². The third-order valence-corrected chi connectivity index (χ3v) is 4.60. The Morgan fingerprint density at radius 2 is 2.19 bits per heavy atom. The van der Waals surface area contributed by atoms with Crippen LogP contribution >= 0.6 is 0 Å². The topological polar surface area (TPSA) is 66.5 Å². The zero-order chi connectivity index (χ0) is 12.2. The zero-order valence-corrected chi connectivity index (χ0v) is 10.7. The number of nitrogens with zero attached hydrogens (tertiary/aromatic N) is 1. The van der Waals surface area contributed by atoms with Crippen LogP contribution in [0, 0.1) is 0 Å². The van der Waals surface area contributed by atoms with Gasteiger partial charge in [-0.1, -0.05) is 6.92 Å². The van der Waals surface area contributed by atoms with Crippen LogP contribution in [-0.4, -0.2) is 56.9 Å². The van der Waals surface area contributed by atoms with Gasteiger partial charge in [0.25, 0.3) is 0 Å². The van der Waals surface area contributed by atoms with Crippen LogP contribution in [0.4, 0.5) is 0 Å². The van der Waals surface area contributed by atoms with Crippen LogP contribution in [0.1, 0.15) is 19.8 Å². The fraction of sp³-hybridized carbons (Fsp3) is 0.900. The van der Waals surface area contributed by atoms with E-state index < -0.39 is 9.84 Å². The first-order valence-electron chi connectivity index (χ1n) is 5.63. The van der Waals surface area contributed by atoms with Crippen molar-refractivity contribution in [1.29, 1.82) is 0 Å². The fourth-order valence-corrected chi connectivity index (χ4v) is 3.56. The number of carbonyl (C=O) groups is 1. The van der Waals surface area contributed by atoms with Crippen LogP contribution in [0.25, 0.3) is 0 Å². The van der Waals surface area contributed by atoms with E-state index in [4.69, 9.17) is 0 Å². The molecule has 94 valence electrons. The van der Waals surface area contributed by atoms with Gasteiger partial charge in [0.15, 0.2) is 9.84 Å². The minimum absolute atomic E-state index is 0.0319. The molecule has 0 spiro atoms. The molecule has 16 heavy (non-hydrogen) atoms. The molecule has 1 aliphatic heterocycles. The van der Waals surface area contributed by atoms with E-state index in [0.29, 0.717) is 13.0 Å². The van der Waals surface area contributed by atoms with Crippen molar-refractivity contribution in [2.75, 3.05) is 31.6 Å². The summed E-state index contributed by atoms with van der Waals surface area (Å²) in [5, 5.41) is 3.02. The third-order valence-electron chi connectivity index (χ3n) is 2.85. The van der Waals surface area contributed by atoms with E-state index in [1.165, 1.54) is 0 Å². The first kappa shape index (κ1) is 13.4. The van der Waals surface area contributed by atoms with Gasteiger partial charge in [-0.25, -0.2) is 8.42 Å². The van der Waals surface area contributed by atoms with Crippen LogP contribution < -0.4 is 5.32 Å². The number of carbonyl (C=O) groups excluding carboxylic acids is 1. The van der Waals surface area contributed by atoms with Gasteiger partial charge in [-0.3, -0.25) is 4.79 Å². The van der Waals surface area contributed by atoms with Crippen LogP contribution in [0.3, 0.4) is 0 Å². The summed E-state index contributed by atoms with van der Waals surface area (Å²) in [5.74, 6) is 0.288. The highest BCUT2D eigenvalue weighted by Gasteiger charge is 2.32. The van der Waals surface area contributed by atoms with E-state index in [0.717, 1.165) is 13.0 Å². The Morgan fingerprint density at radius 1 is 1.50 bits per heavy atom. The Bertz CT molecular complexity index is 340. The lowest BCUT2D eigenvalue weighted by Gasteiger charge is -2.23. The Hall–Kier alpha value is -0.620. The van der Waals surface area contributed by atoms with E-state index in [1.807, 2.05) is 6.92 Å². The molecule has 0 aromatic heterocycles. The number of nitrogens with one attached hydrogen (secondary N) is 1. The highest BCUT2D eigenvalue weighted by Crippen LogP contribution is 2.16. The van der Waals surface area contributed by atoms with Crippen molar-refractivity contribution in [3.8, 4) is 0 Å². The number of hydrogen-bond acceptors (Lipinski definition) is 4. The van der Waals surface area contributed by atoms with E-state index in [-0.39, 0.29) is 23.5 Å². The van der Waals surface area contributed by atoms with Crippen molar-refractivity contribution in [2.45, 2.75) is 25.8 Å². The summed E-state index contributed by atoms with van der Waals surface area (Å²) < 4.78 is 22.5. The Kier molecular flexibility index (Phi) is 4.73. The highest BCUT2D eigenvalue weighted by atomic mass is 32.2. The SMILES string of the molecule is CCCNCC(=O)N(C)[C@H]1CCS(=O)(=O)C1. The first-order chi connectivity index (χ1) is 7.46. The van der Waals surface area contributed by atoms with Crippen molar-refractivity contribution in [2.24, 2.45) is 0 Å². The monoisotopic (exact) mass is 248 g/mol. The molecule has 0 radical (unpaired) electrons. The zero-order valence-electron chi connectivity index (χ0n) is 9.90. The number of amides is 1. The molecule has 5 nitrogen and oxygen atoms in total. The molecule has 0 saturated carbocycles. The fourth-order valence-electron chi connectivity index (χ4n) is 1.78. The molecule has 1 aliphatic rings. The van der Waals surface area contributed by atoms with Crippen molar-refractivity contribution >= 4 is 15.7 Å². The summed E-state index contributed by atoms with van der Waals surface area (Å²) in [5.41, 5.74) is 0.